The Labute approximate surface area is 86.0 Å². The lowest BCUT2D eigenvalue weighted by Crippen LogP contribution is -2.38. The van der Waals surface area contributed by atoms with Crippen LogP contribution < -0.4 is 0 Å². The van der Waals surface area contributed by atoms with Gasteiger partial charge in [-0.2, -0.15) is 0 Å². The molecule has 0 aromatic heterocycles. The molecule has 2 fully saturated rings. The third-order valence-electron chi connectivity index (χ3n) is 3.67. The highest BCUT2D eigenvalue weighted by Crippen LogP contribution is 2.32. The van der Waals surface area contributed by atoms with Gasteiger partial charge in [0.25, 0.3) is 0 Å². The molecule has 0 amide bonds. The van der Waals surface area contributed by atoms with Crippen LogP contribution in [0.5, 0.6) is 0 Å². The quantitative estimate of drug-likeness (QED) is 0.644. The van der Waals surface area contributed by atoms with Crippen molar-refractivity contribution < 1.29 is 9.53 Å². The van der Waals surface area contributed by atoms with Gasteiger partial charge in [-0.3, -0.25) is 4.79 Å². The summed E-state index contributed by atoms with van der Waals surface area (Å²) < 4.78 is 5.72. The standard InChI is InChI=1S/C12H20O2/c1-9-5-4-6-10(12(9)13)11-7-2-3-8-14-11/h9-11H,2-8H2,1H3. The van der Waals surface area contributed by atoms with Crippen LogP contribution in [0.15, 0.2) is 0 Å². The van der Waals surface area contributed by atoms with Gasteiger partial charge < -0.3 is 4.74 Å². The molecule has 2 aliphatic rings. The number of carbonyl (C=O) groups excluding carboxylic acids is 1. The van der Waals surface area contributed by atoms with Crippen molar-refractivity contribution in [1.82, 2.24) is 0 Å². The molecule has 2 rings (SSSR count). The van der Waals surface area contributed by atoms with Crippen molar-refractivity contribution in [1.29, 1.82) is 0 Å². The van der Waals surface area contributed by atoms with Crippen LogP contribution in [0, 0.1) is 11.8 Å². The monoisotopic (exact) mass is 196 g/mol. The number of hydrogen-bond acceptors (Lipinski definition) is 2. The molecular formula is C12H20O2. The first-order valence-electron chi connectivity index (χ1n) is 5.94. The number of carbonyl (C=O) groups is 1. The summed E-state index contributed by atoms with van der Waals surface area (Å²) in [4.78, 5) is 11.9. The van der Waals surface area contributed by atoms with Gasteiger partial charge in [-0.15, -0.1) is 0 Å². The van der Waals surface area contributed by atoms with E-state index in [0.717, 1.165) is 25.9 Å². The summed E-state index contributed by atoms with van der Waals surface area (Å²) >= 11 is 0. The van der Waals surface area contributed by atoms with Gasteiger partial charge in [-0.05, 0) is 32.1 Å². The lowest BCUT2D eigenvalue weighted by molar-refractivity contribution is -0.136. The molecule has 0 N–H and O–H groups in total. The fourth-order valence-electron chi connectivity index (χ4n) is 2.75. The molecule has 3 atom stereocenters. The van der Waals surface area contributed by atoms with Crippen LogP contribution in [0.1, 0.15) is 45.4 Å². The molecule has 0 radical (unpaired) electrons. The molecule has 0 bridgehead atoms. The Hall–Kier alpha value is -0.370. The van der Waals surface area contributed by atoms with E-state index in [4.69, 9.17) is 4.74 Å². The molecule has 80 valence electrons. The van der Waals surface area contributed by atoms with Crippen molar-refractivity contribution in [2.75, 3.05) is 6.61 Å². The number of hydrogen-bond donors (Lipinski definition) is 0. The van der Waals surface area contributed by atoms with Crippen molar-refractivity contribution >= 4 is 5.78 Å². The number of ether oxygens (including phenoxy) is 1. The second-order valence-electron chi connectivity index (χ2n) is 4.75. The van der Waals surface area contributed by atoms with E-state index in [1.165, 1.54) is 19.3 Å². The molecule has 2 nitrogen and oxygen atoms in total. The zero-order valence-electron chi connectivity index (χ0n) is 9.00. The third kappa shape index (κ3) is 2.00. The molecule has 1 heterocycles. The van der Waals surface area contributed by atoms with Crippen LogP contribution >= 0.6 is 0 Å². The largest absolute Gasteiger partial charge is 0.377 e. The fraction of sp³-hybridized carbons (Fsp3) is 0.917. The maximum atomic E-state index is 11.9. The summed E-state index contributed by atoms with van der Waals surface area (Å²) in [6.45, 7) is 2.93. The first-order valence-corrected chi connectivity index (χ1v) is 5.94. The second-order valence-corrected chi connectivity index (χ2v) is 4.75. The maximum Gasteiger partial charge on any atom is 0.141 e. The van der Waals surface area contributed by atoms with E-state index in [1.54, 1.807) is 0 Å². The summed E-state index contributed by atoms with van der Waals surface area (Å²) in [6, 6.07) is 0. The molecule has 0 spiro atoms. The molecule has 1 saturated carbocycles. The Morgan fingerprint density at radius 2 is 2.00 bits per heavy atom. The average molecular weight is 196 g/mol. The zero-order valence-corrected chi connectivity index (χ0v) is 9.00. The first-order chi connectivity index (χ1) is 6.79. The van der Waals surface area contributed by atoms with Crippen LogP contribution in [0.4, 0.5) is 0 Å². The Morgan fingerprint density at radius 3 is 2.71 bits per heavy atom. The molecule has 14 heavy (non-hydrogen) atoms. The van der Waals surface area contributed by atoms with Gasteiger partial charge in [0.2, 0.25) is 0 Å². The van der Waals surface area contributed by atoms with Gasteiger partial charge in [0, 0.05) is 18.4 Å². The molecular weight excluding hydrogens is 176 g/mol. The highest BCUT2D eigenvalue weighted by molar-refractivity contribution is 5.84. The molecule has 0 aromatic rings. The minimum atomic E-state index is 0.221. The Bertz CT molecular complexity index is 206. The molecule has 3 unspecified atom stereocenters. The van der Waals surface area contributed by atoms with Gasteiger partial charge >= 0.3 is 0 Å². The zero-order chi connectivity index (χ0) is 9.97. The minimum absolute atomic E-state index is 0.221. The molecule has 1 saturated heterocycles. The van der Waals surface area contributed by atoms with Crippen molar-refractivity contribution in [3.05, 3.63) is 0 Å². The SMILES string of the molecule is CC1CCCC(C2CCCCO2)C1=O. The Kier molecular flexibility index (Phi) is 3.22. The third-order valence-corrected chi connectivity index (χ3v) is 3.67. The Morgan fingerprint density at radius 1 is 1.14 bits per heavy atom. The van der Waals surface area contributed by atoms with Gasteiger partial charge in [0.15, 0.2) is 0 Å². The van der Waals surface area contributed by atoms with E-state index in [-0.39, 0.29) is 17.9 Å². The second kappa shape index (κ2) is 4.43. The molecule has 2 heteroatoms. The molecule has 0 aromatic carbocycles. The number of Topliss-reactive ketones (excluding diaryl/α,β-unsaturated/α-hetero) is 1. The highest BCUT2D eigenvalue weighted by atomic mass is 16.5. The number of rotatable bonds is 1. The normalized spacial score (nSPS) is 39.8. The smallest absolute Gasteiger partial charge is 0.141 e. The van der Waals surface area contributed by atoms with Crippen molar-refractivity contribution in [2.24, 2.45) is 11.8 Å². The predicted molar refractivity (Wildman–Crippen MR) is 55.1 cm³/mol. The maximum absolute atomic E-state index is 11.9. The predicted octanol–water partition coefficient (Wildman–Crippen LogP) is 2.56. The van der Waals surface area contributed by atoms with Crippen LogP contribution in [0.3, 0.4) is 0 Å². The summed E-state index contributed by atoms with van der Waals surface area (Å²) in [5.74, 6) is 0.960. The lowest BCUT2D eigenvalue weighted by atomic mass is 9.77. The van der Waals surface area contributed by atoms with Crippen molar-refractivity contribution in [3.63, 3.8) is 0 Å². The van der Waals surface area contributed by atoms with E-state index in [1.807, 2.05) is 0 Å². The summed E-state index contributed by atoms with van der Waals surface area (Å²) in [5, 5.41) is 0. The first kappa shape index (κ1) is 10.2. The lowest BCUT2D eigenvalue weighted by Gasteiger charge is -2.34. The van der Waals surface area contributed by atoms with Crippen LogP contribution in [0.2, 0.25) is 0 Å². The van der Waals surface area contributed by atoms with Crippen molar-refractivity contribution in [3.8, 4) is 0 Å². The van der Waals surface area contributed by atoms with Crippen molar-refractivity contribution in [2.45, 2.75) is 51.6 Å². The topological polar surface area (TPSA) is 26.3 Å². The number of ketones is 1. The van der Waals surface area contributed by atoms with E-state index < -0.39 is 0 Å². The Balaban J connectivity index is 1.97. The molecule has 1 aliphatic heterocycles. The average Bonchev–Trinajstić information content (AvgIpc) is 2.23. The van der Waals surface area contributed by atoms with Crippen LogP contribution in [0.25, 0.3) is 0 Å². The van der Waals surface area contributed by atoms with E-state index >= 15 is 0 Å². The molecule has 1 aliphatic carbocycles. The van der Waals surface area contributed by atoms with Crippen LogP contribution in [-0.2, 0) is 9.53 Å². The summed E-state index contributed by atoms with van der Waals surface area (Å²) in [6.07, 6.45) is 7.12. The van der Waals surface area contributed by atoms with E-state index in [0.29, 0.717) is 5.78 Å². The van der Waals surface area contributed by atoms with Gasteiger partial charge in [-0.25, -0.2) is 0 Å². The highest BCUT2D eigenvalue weighted by Gasteiger charge is 2.35. The van der Waals surface area contributed by atoms with Crippen LogP contribution in [-0.4, -0.2) is 18.5 Å². The fourth-order valence-corrected chi connectivity index (χ4v) is 2.75. The minimum Gasteiger partial charge on any atom is -0.377 e. The van der Waals surface area contributed by atoms with E-state index in [9.17, 15) is 4.79 Å². The summed E-state index contributed by atoms with van der Waals surface area (Å²) in [7, 11) is 0. The van der Waals surface area contributed by atoms with E-state index in [2.05, 4.69) is 6.92 Å². The summed E-state index contributed by atoms with van der Waals surface area (Å²) in [5.41, 5.74) is 0. The van der Waals surface area contributed by atoms with Gasteiger partial charge in [0.05, 0.1) is 6.10 Å². The van der Waals surface area contributed by atoms with Gasteiger partial charge in [0.1, 0.15) is 5.78 Å². The van der Waals surface area contributed by atoms with Gasteiger partial charge in [-0.1, -0.05) is 13.3 Å².